The topological polar surface area (TPSA) is 170 Å². The minimum atomic E-state index is -0.449. The molecule has 16 nitrogen and oxygen atoms in total. The first-order valence-electron chi connectivity index (χ1n) is 19.7. The van der Waals surface area contributed by atoms with E-state index >= 15 is 0 Å². The predicted molar refractivity (Wildman–Crippen MR) is 219 cm³/mol. The summed E-state index contributed by atoms with van der Waals surface area (Å²) in [4.78, 5) is 77.3. The molecule has 16 heteroatoms. The molecule has 58 heavy (non-hydrogen) atoms. The van der Waals surface area contributed by atoms with Gasteiger partial charge in [-0.25, -0.2) is 19.2 Å². The molecule has 0 atom stereocenters. The molecule has 1 aliphatic rings. The van der Waals surface area contributed by atoms with Crippen LogP contribution in [0, 0.1) is 0 Å². The molecular formula is C42H52N8O8. The molecule has 0 amide bonds. The molecule has 1 saturated heterocycles. The van der Waals surface area contributed by atoms with Crippen molar-refractivity contribution in [2.24, 2.45) is 0 Å². The SMILES string of the molecule is CCOC(=O)c1cncc(N2CCCN(c3cncc(C(=O)OCC)c3)CCN(c3cncc(C(=O)OCC)c3)CCCN(c3cncc(C(=O)OCC)c3)CC2)c1. The second kappa shape index (κ2) is 21.8. The van der Waals surface area contributed by atoms with Gasteiger partial charge in [-0.1, -0.05) is 0 Å². The summed E-state index contributed by atoms with van der Waals surface area (Å²) < 4.78 is 21.1. The Labute approximate surface area is 339 Å². The van der Waals surface area contributed by atoms with E-state index in [1.165, 1.54) is 24.8 Å². The van der Waals surface area contributed by atoms with Gasteiger partial charge < -0.3 is 38.5 Å². The number of esters is 4. The van der Waals surface area contributed by atoms with Crippen molar-refractivity contribution in [2.45, 2.75) is 40.5 Å². The van der Waals surface area contributed by atoms with Gasteiger partial charge in [-0.2, -0.15) is 0 Å². The zero-order chi connectivity index (χ0) is 41.3. The zero-order valence-corrected chi connectivity index (χ0v) is 33.7. The third-order valence-corrected chi connectivity index (χ3v) is 9.39. The standard InChI is InChI=1S/C42H52N8O8/c1-5-55-39(51)31-19-35(27-43-23-31)47-11-9-12-49(37-21-33(25-45-29-37)41(53)57-7-3)17-18-50(38-22-34(26-46-30-38)42(54)58-8-4)14-10-13-48(16-15-47)36-20-32(24-44-28-36)40(52)56-6-2/h19-30H,5-18H2,1-4H3. The fourth-order valence-electron chi connectivity index (χ4n) is 6.57. The molecule has 0 radical (unpaired) electrons. The molecule has 4 aromatic heterocycles. The summed E-state index contributed by atoms with van der Waals surface area (Å²) in [6.07, 6.45) is 14.3. The van der Waals surface area contributed by atoms with E-state index in [4.69, 9.17) is 18.9 Å². The first-order chi connectivity index (χ1) is 28.2. The van der Waals surface area contributed by atoms with Gasteiger partial charge in [-0.3, -0.25) is 19.9 Å². The van der Waals surface area contributed by atoms with Crippen LogP contribution in [-0.2, 0) is 18.9 Å². The Bertz CT molecular complexity index is 1720. The molecule has 0 unspecified atom stereocenters. The van der Waals surface area contributed by atoms with Crippen molar-refractivity contribution in [2.75, 3.05) is 98.4 Å². The average molecular weight is 797 g/mol. The normalized spacial score (nSPS) is 14.3. The summed E-state index contributed by atoms with van der Waals surface area (Å²) in [6, 6.07) is 7.18. The van der Waals surface area contributed by atoms with Gasteiger partial charge >= 0.3 is 23.9 Å². The molecule has 1 aliphatic heterocycles. The van der Waals surface area contributed by atoms with E-state index in [-0.39, 0.29) is 26.4 Å². The van der Waals surface area contributed by atoms with Gasteiger partial charge in [0.2, 0.25) is 0 Å². The highest BCUT2D eigenvalue weighted by Crippen LogP contribution is 2.23. The Morgan fingerprint density at radius 1 is 0.397 bits per heavy atom. The highest BCUT2D eigenvalue weighted by Gasteiger charge is 2.21. The second-order valence-corrected chi connectivity index (χ2v) is 13.3. The maximum atomic E-state index is 12.7. The van der Waals surface area contributed by atoms with Crippen LogP contribution in [0.1, 0.15) is 82.0 Å². The number of aromatic nitrogens is 4. The Balaban J connectivity index is 1.52. The number of rotatable bonds is 12. The highest BCUT2D eigenvalue weighted by atomic mass is 16.5. The Morgan fingerprint density at radius 2 is 0.621 bits per heavy atom. The first-order valence-corrected chi connectivity index (χ1v) is 19.7. The smallest absolute Gasteiger partial charge is 0.339 e. The van der Waals surface area contributed by atoms with Gasteiger partial charge in [-0.05, 0) is 64.8 Å². The number of carbonyl (C=O) groups excluding carboxylic acids is 4. The van der Waals surface area contributed by atoms with Gasteiger partial charge in [0.05, 0.1) is 96.2 Å². The van der Waals surface area contributed by atoms with Gasteiger partial charge in [0.25, 0.3) is 0 Å². The molecule has 0 spiro atoms. The van der Waals surface area contributed by atoms with Crippen LogP contribution >= 0.6 is 0 Å². The molecule has 4 aromatic rings. The van der Waals surface area contributed by atoms with Crippen LogP contribution in [0.15, 0.2) is 73.8 Å². The molecule has 0 bridgehead atoms. The van der Waals surface area contributed by atoms with E-state index in [1.54, 1.807) is 76.7 Å². The maximum absolute atomic E-state index is 12.7. The van der Waals surface area contributed by atoms with Crippen molar-refractivity contribution >= 4 is 46.6 Å². The van der Waals surface area contributed by atoms with Crippen molar-refractivity contribution in [3.63, 3.8) is 0 Å². The minimum absolute atomic E-state index is 0.244. The van der Waals surface area contributed by atoms with Crippen LogP contribution in [0.4, 0.5) is 22.7 Å². The van der Waals surface area contributed by atoms with Gasteiger partial charge in [0.15, 0.2) is 0 Å². The van der Waals surface area contributed by atoms with E-state index in [0.717, 1.165) is 22.7 Å². The number of carbonyl (C=O) groups is 4. The largest absolute Gasteiger partial charge is 0.462 e. The molecule has 1 fully saturated rings. The second-order valence-electron chi connectivity index (χ2n) is 13.3. The van der Waals surface area contributed by atoms with Crippen LogP contribution in [0.25, 0.3) is 0 Å². The summed E-state index contributed by atoms with van der Waals surface area (Å²) >= 11 is 0. The van der Waals surface area contributed by atoms with Crippen molar-refractivity contribution in [1.29, 1.82) is 0 Å². The molecule has 5 rings (SSSR count). The van der Waals surface area contributed by atoms with Crippen LogP contribution in [0.5, 0.6) is 0 Å². The number of anilines is 4. The number of nitrogens with zero attached hydrogens (tertiary/aromatic N) is 8. The Hall–Kier alpha value is -6.32. The lowest BCUT2D eigenvalue weighted by molar-refractivity contribution is 0.0516. The van der Waals surface area contributed by atoms with E-state index in [1.807, 2.05) is 0 Å². The van der Waals surface area contributed by atoms with Crippen molar-refractivity contribution in [3.8, 4) is 0 Å². The maximum Gasteiger partial charge on any atom is 0.339 e. The van der Waals surface area contributed by atoms with Crippen LogP contribution < -0.4 is 19.6 Å². The monoisotopic (exact) mass is 796 g/mol. The lowest BCUT2D eigenvalue weighted by Crippen LogP contribution is -2.41. The lowest BCUT2D eigenvalue weighted by atomic mass is 10.2. The van der Waals surface area contributed by atoms with E-state index < -0.39 is 23.9 Å². The fraction of sp³-hybridized carbons (Fsp3) is 0.429. The van der Waals surface area contributed by atoms with Gasteiger partial charge in [-0.15, -0.1) is 0 Å². The molecule has 0 aromatic carbocycles. The molecule has 0 saturated carbocycles. The highest BCUT2D eigenvalue weighted by molar-refractivity contribution is 5.91. The third-order valence-electron chi connectivity index (χ3n) is 9.39. The number of pyridine rings is 4. The Morgan fingerprint density at radius 3 is 0.828 bits per heavy atom. The number of hydrogen-bond acceptors (Lipinski definition) is 16. The number of ether oxygens (including phenoxy) is 4. The zero-order valence-electron chi connectivity index (χ0n) is 33.7. The average Bonchev–Trinajstić information content (AvgIpc) is 3.24. The number of hydrogen-bond donors (Lipinski definition) is 0. The Kier molecular flexibility index (Phi) is 16.1. The summed E-state index contributed by atoms with van der Waals surface area (Å²) in [5, 5.41) is 0. The molecule has 0 N–H and O–H groups in total. The summed E-state index contributed by atoms with van der Waals surface area (Å²) in [6.45, 7) is 12.5. The van der Waals surface area contributed by atoms with E-state index in [9.17, 15) is 19.2 Å². The van der Waals surface area contributed by atoms with Crippen molar-refractivity contribution in [3.05, 3.63) is 96.1 Å². The van der Waals surface area contributed by atoms with E-state index in [2.05, 4.69) is 39.5 Å². The minimum Gasteiger partial charge on any atom is -0.462 e. The molecule has 308 valence electrons. The first kappa shape index (κ1) is 42.8. The fourth-order valence-corrected chi connectivity index (χ4v) is 6.57. The quantitative estimate of drug-likeness (QED) is 0.137. The van der Waals surface area contributed by atoms with Crippen molar-refractivity contribution in [1.82, 2.24) is 19.9 Å². The lowest BCUT2D eigenvalue weighted by Gasteiger charge is -2.34. The molecule has 0 aliphatic carbocycles. The van der Waals surface area contributed by atoms with E-state index in [0.29, 0.717) is 87.5 Å². The summed E-state index contributed by atoms with van der Waals surface area (Å²) in [7, 11) is 0. The van der Waals surface area contributed by atoms with Crippen molar-refractivity contribution < 1.29 is 38.1 Å². The molecule has 5 heterocycles. The third kappa shape index (κ3) is 11.8. The van der Waals surface area contributed by atoms with Gasteiger partial charge in [0.1, 0.15) is 0 Å². The summed E-state index contributed by atoms with van der Waals surface area (Å²) in [5.74, 6) is -1.80. The van der Waals surface area contributed by atoms with Crippen LogP contribution in [-0.4, -0.2) is 123 Å². The van der Waals surface area contributed by atoms with Gasteiger partial charge in [0, 0.05) is 77.1 Å². The predicted octanol–water partition coefficient (Wildman–Crippen LogP) is 5.09. The summed E-state index contributed by atoms with van der Waals surface area (Å²) in [5.41, 5.74) is 4.45. The van der Waals surface area contributed by atoms with Crippen LogP contribution in [0.2, 0.25) is 0 Å². The van der Waals surface area contributed by atoms with Crippen LogP contribution in [0.3, 0.4) is 0 Å². The molecular weight excluding hydrogens is 745 g/mol.